The number of halogens is 2. The number of aliphatic hydroxyl groups excluding tert-OH is 1. The van der Waals surface area contributed by atoms with Crippen molar-refractivity contribution in [1.29, 1.82) is 0 Å². The molecule has 0 unspecified atom stereocenters. The number of carbonyl (C=O) groups excluding carboxylic acids is 1. The van der Waals surface area contributed by atoms with Crippen molar-refractivity contribution in [2.24, 2.45) is 0 Å². The van der Waals surface area contributed by atoms with Gasteiger partial charge in [-0.3, -0.25) is 9.58 Å². The normalized spacial score (nSPS) is 13.9. The molecule has 0 radical (unpaired) electrons. The van der Waals surface area contributed by atoms with Gasteiger partial charge in [0.25, 0.3) is 0 Å². The molecule has 9 nitrogen and oxygen atoms in total. The van der Waals surface area contributed by atoms with Crippen molar-refractivity contribution in [1.82, 2.24) is 19.7 Å². The van der Waals surface area contributed by atoms with E-state index < -0.39 is 5.97 Å². The molecule has 248 valence electrons. The van der Waals surface area contributed by atoms with Crippen molar-refractivity contribution < 1.29 is 28.5 Å². The molecule has 2 N–H and O–H groups in total. The maximum Gasteiger partial charge on any atom is 0.355 e. The third kappa shape index (κ3) is 6.87. The second-order valence-electron chi connectivity index (χ2n) is 11.6. The number of rotatable bonds is 13. The van der Waals surface area contributed by atoms with E-state index in [-0.39, 0.29) is 19.0 Å². The Labute approximate surface area is 278 Å². The molecule has 1 saturated heterocycles. The number of nitrogens with zero attached hydrogens (tertiary/aromatic N) is 3. The zero-order chi connectivity index (χ0) is 32.9. The highest BCUT2D eigenvalue weighted by Crippen LogP contribution is 2.41. The molecule has 0 aliphatic carbocycles. The fourth-order valence-electron chi connectivity index (χ4n) is 6.45. The first-order valence-corrected chi connectivity index (χ1v) is 16.6. The molecule has 0 spiro atoms. The van der Waals surface area contributed by atoms with Crippen LogP contribution in [0.15, 0.2) is 48.5 Å². The molecule has 47 heavy (non-hydrogen) atoms. The highest BCUT2D eigenvalue weighted by atomic mass is 35.5. The van der Waals surface area contributed by atoms with Gasteiger partial charge in [0, 0.05) is 41.5 Å². The van der Waals surface area contributed by atoms with Crippen molar-refractivity contribution in [3.8, 4) is 16.9 Å². The molecule has 11 heteroatoms. The number of aliphatic hydroxyl groups is 1. The second-order valence-corrected chi connectivity index (χ2v) is 12.0. The van der Waals surface area contributed by atoms with Crippen molar-refractivity contribution in [2.75, 3.05) is 46.1 Å². The number of aryl methyl sites for hydroxylation is 2. The molecule has 3 aromatic carbocycles. The summed E-state index contributed by atoms with van der Waals surface area (Å²) in [5.41, 5.74) is 4.87. The molecule has 5 aromatic rings. The molecule has 0 amide bonds. The summed E-state index contributed by atoms with van der Waals surface area (Å²) < 4.78 is 32.7. The zero-order valence-corrected chi connectivity index (χ0v) is 27.5. The van der Waals surface area contributed by atoms with Crippen LogP contribution in [0.5, 0.6) is 5.75 Å². The van der Waals surface area contributed by atoms with E-state index in [0.29, 0.717) is 78.9 Å². The number of carbonyl (C=O) groups is 1. The van der Waals surface area contributed by atoms with Gasteiger partial charge in [0.15, 0.2) is 0 Å². The van der Waals surface area contributed by atoms with E-state index in [4.69, 9.17) is 30.9 Å². The number of morpholine rings is 1. The molecular formula is C36H40ClFN4O5. The van der Waals surface area contributed by atoms with Gasteiger partial charge in [0.05, 0.1) is 61.5 Å². The predicted molar refractivity (Wildman–Crippen MR) is 181 cm³/mol. The largest absolute Gasteiger partial charge is 0.493 e. The number of nitrogens with one attached hydrogen (secondary N) is 1. The average Bonchev–Trinajstić information content (AvgIpc) is 3.63. The molecule has 0 atom stereocenters. The van der Waals surface area contributed by atoms with Gasteiger partial charge in [-0.05, 0) is 67.5 Å². The Morgan fingerprint density at radius 1 is 1.09 bits per heavy atom. The van der Waals surface area contributed by atoms with Gasteiger partial charge < -0.3 is 24.3 Å². The summed E-state index contributed by atoms with van der Waals surface area (Å²) in [6.07, 6.45) is 1.77. The highest BCUT2D eigenvalue weighted by molar-refractivity contribution is 6.35. The van der Waals surface area contributed by atoms with E-state index in [1.54, 1.807) is 13.0 Å². The Kier molecular flexibility index (Phi) is 10.4. The number of esters is 1. The first-order valence-electron chi connectivity index (χ1n) is 16.2. The van der Waals surface area contributed by atoms with E-state index >= 15 is 0 Å². The Bertz CT molecular complexity index is 1880. The number of hydrogen-bond donors (Lipinski definition) is 2. The SMILES string of the molecule is CCOC(=O)c1[nH]c2c(-c3c(CC)nn(CCN4CCOCC4)c3CO)c(Cl)ccc2c1CCCOc1cccc2cc(F)ccc12. The van der Waals surface area contributed by atoms with Crippen LogP contribution in [-0.2, 0) is 35.5 Å². The number of ether oxygens (including phenoxy) is 3. The third-order valence-electron chi connectivity index (χ3n) is 8.74. The zero-order valence-electron chi connectivity index (χ0n) is 26.8. The number of H-pyrrole nitrogens is 1. The van der Waals surface area contributed by atoms with Crippen LogP contribution in [0.1, 0.15) is 47.7 Å². The van der Waals surface area contributed by atoms with Crippen LogP contribution in [0, 0.1) is 5.82 Å². The molecule has 1 fully saturated rings. The van der Waals surface area contributed by atoms with E-state index in [2.05, 4.69) is 9.88 Å². The maximum absolute atomic E-state index is 13.8. The monoisotopic (exact) mass is 662 g/mol. The summed E-state index contributed by atoms with van der Waals surface area (Å²) in [4.78, 5) is 19.0. The van der Waals surface area contributed by atoms with Gasteiger partial charge in [0.2, 0.25) is 0 Å². The molecule has 6 rings (SSSR count). The maximum atomic E-state index is 13.8. The third-order valence-corrected chi connectivity index (χ3v) is 9.05. The summed E-state index contributed by atoms with van der Waals surface area (Å²) in [5.74, 6) is -0.0649. The molecule has 1 aliphatic rings. The number of benzene rings is 3. The van der Waals surface area contributed by atoms with Crippen molar-refractivity contribution in [3.05, 3.63) is 82.0 Å². The van der Waals surface area contributed by atoms with Crippen LogP contribution in [0.3, 0.4) is 0 Å². The van der Waals surface area contributed by atoms with E-state index in [9.17, 15) is 14.3 Å². The Balaban J connectivity index is 1.33. The molecule has 3 heterocycles. The summed E-state index contributed by atoms with van der Waals surface area (Å²) in [5, 5.41) is 18.5. The number of aromatic nitrogens is 3. The minimum absolute atomic E-state index is 0.214. The predicted octanol–water partition coefficient (Wildman–Crippen LogP) is 6.55. The highest BCUT2D eigenvalue weighted by Gasteiger charge is 2.27. The first kappa shape index (κ1) is 33.0. The van der Waals surface area contributed by atoms with Crippen molar-refractivity contribution in [3.63, 3.8) is 0 Å². The smallest absolute Gasteiger partial charge is 0.355 e. The average molecular weight is 663 g/mol. The van der Waals surface area contributed by atoms with E-state index in [1.165, 1.54) is 12.1 Å². The van der Waals surface area contributed by atoms with Crippen molar-refractivity contribution in [2.45, 2.75) is 46.3 Å². The standard InChI is InChI=1S/C36H40ClFN4O5/c1-3-29-33(30(22-43)42(40-29)15-14-41-16-19-45-20-17-41)32-28(37)13-12-27-26(35(39-34(27)32)36(44)46-4-2)8-6-18-47-31-9-5-7-23-21-24(38)10-11-25(23)31/h5,7,9-13,21,39,43H,3-4,6,8,14-20,22H2,1-2H3. The molecule has 0 saturated carbocycles. The lowest BCUT2D eigenvalue weighted by atomic mass is 9.97. The van der Waals surface area contributed by atoms with E-state index in [0.717, 1.165) is 52.6 Å². The van der Waals surface area contributed by atoms with Crippen LogP contribution in [0.25, 0.3) is 32.8 Å². The lowest BCUT2D eigenvalue weighted by Crippen LogP contribution is -2.38. The molecule has 2 aromatic heterocycles. The minimum Gasteiger partial charge on any atom is -0.493 e. The van der Waals surface area contributed by atoms with Crippen molar-refractivity contribution >= 4 is 39.2 Å². The Morgan fingerprint density at radius 2 is 1.89 bits per heavy atom. The first-order chi connectivity index (χ1) is 22.9. The van der Waals surface area contributed by atoms with Gasteiger partial charge >= 0.3 is 5.97 Å². The van der Waals surface area contributed by atoms with Crippen LogP contribution in [-0.4, -0.2) is 76.8 Å². The van der Waals surface area contributed by atoms with Crippen LogP contribution in [0.4, 0.5) is 4.39 Å². The number of fused-ring (bicyclic) bond motifs is 2. The summed E-state index contributed by atoms with van der Waals surface area (Å²) in [6.45, 7) is 8.77. The fourth-order valence-corrected chi connectivity index (χ4v) is 6.70. The fraction of sp³-hybridized carbons (Fsp3) is 0.389. The van der Waals surface area contributed by atoms with Gasteiger partial charge in [-0.2, -0.15) is 5.10 Å². The quantitative estimate of drug-likeness (QED) is 0.109. The van der Waals surface area contributed by atoms with E-state index in [1.807, 2.05) is 41.9 Å². The minimum atomic E-state index is -0.447. The van der Waals surface area contributed by atoms with Gasteiger partial charge in [0.1, 0.15) is 17.3 Å². The van der Waals surface area contributed by atoms with Gasteiger partial charge in [-0.15, -0.1) is 0 Å². The van der Waals surface area contributed by atoms with Crippen LogP contribution < -0.4 is 4.74 Å². The Morgan fingerprint density at radius 3 is 2.66 bits per heavy atom. The van der Waals surface area contributed by atoms with Gasteiger partial charge in [-0.25, -0.2) is 9.18 Å². The number of hydrogen-bond acceptors (Lipinski definition) is 7. The van der Waals surface area contributed by atoms with Crippen LogP contribution in [0.2, 0.25) is 5.02 Å². The molecule has 0 bridgehead atoms. The number of aromatic amines is 1. The van der Waals surface area contributed by atoms with Gasteiger partial charge in [-0.1, -0.05) is 36.7 Å². The molecule has 1 aliphatic heterocycles. The summed E-state index contributed by atoms with van der Waals surface area (Å²) >= 11 is 6.94. The Hall–Kier alpha value is -3.96. The lowest BCUT2D eigenvalue weighted by molar-refractivity contribution is 0.0357. The summed E-state index contributed by atoms with van der Waals surface area (Å²) in [6, 6.07) is 14.0. The second kappa shape index (κ2) is 14.9. The summed E-state index contributed by atoms with van der Waals surface area (Å²) in [7, 11) is 0. The topological polar surface area (TPSA) is 102 Å². The molecular weight excluding hydrogens is 623 g/mol. The van der Waals surface area contributed by atoms with Crippen LogP contribution >= 0.6 is 11.6 Å². The lowest BCUT2D eigenvalue weighted by Gasteiger charge is -2.26.